The number of Topliss-reactive ketones (excluding diaryl/α,β-unsaturated/α-hetero) is 1. The van der Waals surface area contributed by atoms with E-state index >= 15 is 0 Å². The molecule has 0 spiro atoms. The fourth-order valence-electron chi connectivity index (χ4n) is 3.98. The topological polar surface area (TPSA) is 26.3 Å². The van der Waals surface area contributed by atoms with E-state index in [0.717, 1.165) is 19.3 Å². The minimum absolute atomic E-state index is 0.0481. The van der Waals surface area contributed by atoms with Crippen LogP contribution < -0.4 is 0 Å². The summed E-state index contributed by atoms with van der Waals surface area (Å²) in [5.41, 5.74) is 3.98. The van der Waals surface area contributed by atoms with E-state index in [4.69, 9.17) is 4.74 Å². The monoisotopic (exact) mass is 300 g/mol. The lowest BCUT2D eigenvalue weighted by Gasteiger charge is -2.43. The van der Waals surface area contributed by atoms with Crippen molar-refractivity contribution in [2.45, 2.75) is 53.1 Å². The summed E-state index contributed by atoms with van der Waals surface area (Å²) in [7, 11) is 1.75. The molecule has 1 aromatic rings. The molecule has 1 aromatic carbocycles. The maximum absolute atomic E-state index is 12.1. The molecule has 0 aliphatic heterocycles. The molecule has 2 atom stereocenters. The smallest absolute Gasteiger partial charge is 0.133 e. The third kappa shape index (κ3) is 3.33. The molecule has 22 heavy (non-hydrogen) atoms. The van der Waals surface area contributed by atoms with Gasteiger partial charge < -0.3 is 4.74 Å². The van der Waals surface area contributed by atoms with Crippen LogP contribution in [-0.2, 0) is 16.0 Å². The average Bonchev–Trinajstić information content (AvgIpc) is 2.47. The number of carbonyl (C=O) groups is 1. The van der Waals surface area contributed by atoms with E-state index in [1.807, 2.05) is 6.07 Å². The molecular formula is C20H28O2. The van der Waals surface area contributed by atoms with Gasteiger partial charge in [-0.3, -0.25) is 4.79 Å². The third-order valence-electron chi connectivity index (χ3n) is 5.34. The number of ether oxygens (including phenoxy) is 1. The Morgan fingerprint density at radius 1 is 1.23 bits per heavy atom. The van der Waals surface area contributed by atoms with Crippen LogP contribution in [0.5, 0.6) is 0 Å². The molecule has 1 aliphatic rings. The van der Waals surface area contributed by atoms with E-state index in [-0.39, 0.29) is 23.2 Å². The van der Waals surface area contributed by atoms with Crippen LogP contribution in [0.15, 0.2) is 41.5 Å². The zero-order chi connectivity index (χ0) is 16.3. The van der Waals surface area contributed by atoms with Gasteiger partial charge in [-0.25, -0.2) is 0 Å². The van der Waals surface area contributed by atoms with Crippen molar-refractivity contribution in [1.29, 1.82) is 0 Å². The predicted octanol–water partition coefficient (Wildman–Crippen LogP) is 4.59. The van der Waals surface area contributed by atoms with Gasteiger partial charge in [0.15, 0.2) is 0 Å². The summed E-state index contributed by atoms with van der Waals surface area (Å²) in [5, 5.41) is 0. The molecule has 120 valence electrons. The maximum atomic E-state index is 12.1. The molecule has 0 heterocycles. The summed E-state index contributed by atoms with van der Waals surface area (Å²) in [6.45, 7) is 8.32. The largest absolute Gasteiger partial charge is 0.377 e. The highest BCUT2D eigenvalue weighted by atomic mass is 16.5. The van der Waals surface area contributed by atoms with Crippen molar-refractivity contribution < 1.29 is 9.53 Å². The normalized spacial score (nSPS) is 24.4. The highest BCUT2D eigenvalue weighted by Gasteiger charge is 2.43. The van der Waals surface area contributed by atoms with Gasteiger partial charge in [0, 0.05) is 13.0 Å². The maximum Gasteiger partial charge on any atom is 0.133 e. The van der Waals surface area contributed by atoms with Crippen LogP contribution in [0.25, 0.3) is 0 Å². The number of aryl methyl sites for hydroxylation is 1. The minimum atomic E-state index is -0.0836. The molecule has 0 fully saturated rings. The molecule has 0 radical (unpaired) electrons. The van der Waals surface area contributed by atoms with Crippen molar-refractivity contribution in [2.24, 2.45) is 11.3 Å². The molecule has 1 aliphatic carbocycles. The zero-order valence-electron chi connectivity index (χ0n) is 14.5. The van der Waals surface area contributed by atoms with Gasteiger partial charge in [0.1, 0.15) is 5.78 Å². The van der Waals surface area contributed by atoms with Gasteiger partial charge in [-0.2, -0.15) is 0 Å². The number of allylic oxidation sites excluding steroid dienone is 1. The molecule has 0 saturated heterocycles. The Balaban J connectivity index is 2.29. The average molecular weight is 300 g/mol. The number of ketones is 1. The quantitative estimate of drug-likeness (QED) is 0.744. The Morgan fingerprint density at radius 3 is 2.41 bits per heavy atom. The van der Waals surface area contributed by atoms with Gasteiger partial charge in [-0.05, 0) is 49.7 Å². The Kier molecular flexibility index (Phi) is 5.23. The van der Waals surface area contributed by atoms with Crippen LogP contribution in [0.3, 0.4) is 0 Å². The van der Waals surface area contributed by atoms with E-state index in [9.17, 15) is 4.79 Å². The first kappa shape index (κ1) is 17.0. The highest BCUT2D eigenvalue weighted by Crippen LogP contribution is 2.47. The third-order valence-corrected chi connectivity index (χ3v) is 5.34. The van der Waals surface area contributed by atoms with Crippen molar-refractivity contribution in [3.8, 4) is 0 Å². The molecule has 2 heteroatoms. The summed E-state index contributed by atoms with van der Waals surface area (Å²) in [6.07, 6.45) is 2.89. The number of hydrogen-bond acceptors (Lipinski definition) is 2. The van der Waals surface area contributed by atoms with Crippen molar-refractivity contribution in [3.05, 3.63) is 47.0 Å². The van der Waals surface area contributed by atoms with E-state index in [1.165, 1.54) is 16.7 Å². The van der Waals surface area contributed by atoms with E-state index in [1.54, 1.807) is 14.0 Å². The van der Waals surface area contributed by atoms with Gasteiger partial charge in [0.2, 0.25) is 0 Å². The fourth-order valence-corrected chi connectivity index (χ4v) is 3.98. The van der Waals surface area contributed by atoms with Crippen LogP contribution in [0.4, 0.5) is 0 Å². The van der Waals surface area contributed by atoms with Crippen LogP contribution in [0.2, 0.25) is 0 Å². The Labute approximate surface area is 134 Å². The molecule has 2 rings (SSSR count). The van der Waals surface area contributed by atoms with Gasteiger partial charge in [-0.15, -0.1) is 0 Å². The van der Waals surface area contributed by atoms with Gasteiger partial charge in [0.25, 0.3) is 0 Å². The predicted molar refractivity (Wildman–Crippen MR) is 90.8 cm³/mol. The molecule has 0 aromatic heterocycles. The van der Waals surface area contributed by atoms with Crippen molar-refractivity contribution in [3.63, 3.8) is 0 Å². The minimum Gasteiger partial charge on any atom is -0.377 e. The molecule has 0 bridgehead atoms. The van der Waals surface area contributed by atoms with Gasteiger partial charge in [-0.1, -0.05) is 49.8 Å². The van der Waals surface area contributed by atoms with Crippen LogP contribution in [-0.4, -0.2) is 19.0 Å². The lowest BCUT2D eigenvalue weighted by molar-refractivity contribution is -0.125. The van der Waals surface area contributed by atoms with Gasteiger partial charge >= 0.3 is 0 Å². The summed E-state index contributed by atoms with van der Waals surface area (Å²) in [5.74, 6) is 0.323. The lowest BCUT2D eigenvalue weighted by atomic mass is 9.62. The SMILES string of the molecule is CO[C@H]1C[C@@H](C(C)=O)C(C)(C)C(CCc2ccccc2)=C1C. The molecule has 0 saturated carbocycles. The molecule has 0 unspecified atom stereocenters. The number of hydrogen-bond donors (Lipinski definition) is 0. The summed E-state index contributed by atoms with van der Waals surface area (Å²) >= 11 is 0. The van der Waals surface area contributed by atoms with E-state index in [0.29, 0.717) is 0 Å². The van der Waals surface area contributed by atoms with Crippen LogP contribution in [0, 0.1) is 11.3 Å². The second kappa shape index (κ2) is 6.78. The van der Waals surface area contributed by atoms with Crippen LogP contribution in [0.1, 0.15) is 46.1 Å². The second-order valence-corrected chi connectivity index (χ2v) is 6.99. The Hall–Kier alpha value is -1.41. The number of benzene rings is 1. The van der Waals surface area contributed by atoms with E-state index < -0.39 is 0 Å². The fraction of sp³-hybridized carbons (Fsp3) is 0.550. The van der Waals surface area contributed by atoms with Crippen LogP contribution >= 0.6 is 0 Å². The molecule has 0 amide bonds. The summed E-state index contributed by atoms with van der Waals surface area (Å²) in [6, 6.07) is 10.5. The zero-order valence-corrected chi connectivity index (χ0v) is 14.5. The standard InChI is InChI=1S/C20H28O2/c1-14-17(12-11-16-9-7-6-8-10-16)20(3,4)18(15(2)21)13-19(14)22-5/h6-10,18-19H,11-13H2,1-5H3/t18-,19-/m0/s1. The second-order valence-electron chi connectivity index (χ2n) is 6.99. The summed E-state index contributed by atoms with van der Waals surface area (Å²) < 4.78 is 5.65. The van der Waals surface area contributed by atoms with Gasteiger partial charge in [0.05, 0.1) is 6.10 Å². The number of carbonyl (C=O) groups excluding carboxylic acids is 1. The van der Waals surface area contributed by atoms with E-state index in [2.05, 4.69) is 45.0 Å². The Bertz CT molecular complexity index is 554. The first-order valence-corrected chi connectivity index (χ1v) is 8.15. The summed E-state index contributed by atoms with van der Waals surface area (Å²) in [4.78, 5) is 12.1. The molecule has 2 nitrogen and oxygen atoms in total. The number of rotatable bonds is 5. The highest BCUT2D eigenvalue weighted by molar-refractivity contribution is 5.80. The number of methoxy groups -OCH3 is 1. The molecule has 0 N–H and O–H groups in total. The first-order valence-electron chi connectivity index (χ1n) is 8.15. The lowest BCUT2D eigenvalue weighted by Crippen LogP contribution is -2.40. The van der Waals surface area contributed by atoms with Crippen molar-refractivity contribution in [1.82, 2.24) is 0 Å². The first-order chi connectivity index (χ1) is 10.4. The van der Waals surface area contributed by atoms with Crippen molar-refractivity contribution >= 4 is 5.78 Å². The molecular weight excluding hydrogens is 272 g/mol. The Morgan fingerprint density at radius 2 is 1.86 bits per heavy atom. The van der Waals surface area contributed by atoms with Crippen molar-refractivity contribution in [2.75, 3.05) is 7.11 Å².